The molecule has 10 nitrogen and oxygen atoms in total. The number of non-ortho nitro benzene ring substituents is 1. The summed E-state index contributed by atoms with van der Waals surface area (Å²) < 4.78 is 16.4. The van der Waals surface area contributed by atoms with Crippen molar-refractivity contribution >= 4 is 35.1 Å². The second-order valence-corrected chi connectivity index (χ2v) is 9.34. The van der Waals surface area contributed by atoms with Crippen LogP contribution in [0.25, 0.3) is 0 Å². The Morgan fingerprint density at radius 1 is 1.21 bits per heavy atom. The zero-order valence-electron chi connectivity index (χ0n) is 18.0. The van der Waals surface area contributed by atoms with Gasteiger partial charge in [-0.2, -0.15) is 0 Å². The second-order valence-electron chi connectivity index (χ2n) is 7.95. The number of carbonyl (C=O) groups excluding carboxylic acids is 2. The highest BCUT2D eigenvalue weighted by Crippen LogP contribution is 2.65. The Kier molecular flexibility index (Phi) is 5.08. The molecule has 0 bridgehead atoms. The average molecular weight is 471 g/mol. The quantitative estimate of drug-likeness (QED) is 0.368. The molecule has 0 radical (unpaired) electrons. The maximum absolute atomic E-state index is 13.4. The lowest BCUT2D eigenvalue weighted by Gasteiger charge is -2.23. The standard InChI is InChI=1S/C22H21N3O7S/c1-30-17-10-15-16(11-18(17)31-2)24(20-22(33-20)8-3-9-23(22)19(15)26)21(27)32-12-13-4-6-14(7-5-13)25(28)29/h4-7,10-11,20H,3,8-9,12H2,1-2H3. The number of anilines is 1. The van der Waals surface area contributed by atoms with Crippen LogP contribution in [-0.2, 0) is 11.3 Å². The highest BCUT2D eigenvalue weighted by Gasteiger charge is 2.69. The van der Waals surface area contributed by atoms with Gasteiger partial charge in [0.25, 0.3) is 11.6 Å². The van der Waals surface area contributed by atoms with Crippen molar-refractivity contribution in [3.05, 3.63) is 57.6 Å². The number of carbonyl (C=O) groups is 2. The maximum atomic E-state index is 13.4. The number of hydrogen-bond acceptors (Lipinski definition) is 8. The van der Waals surface area contributed by atoms with E-state index in [-0.39, 0.29) is 23.6 Å². The van der Waals surface area contributed by atoms with E-state index >= 15 is 0 Å². The van der Waals surface area contributed by atoms with Crippen LogP contribution >= 0.6 is 11.8 Å². The summed E-state index contributed by atoms with van der Waals surface area (Å²) in [5, 5.41) is 10.6. The van der Waals surface area contributed by atoms with E-state index < -0.39 is 15.9 Å². The zero-order valence-corrected chi connectivity index (χ0v) is 18.8. The number of thioether (sulfide) groups is 1. The first-order valence-electron chi connectivity index (χ1n) is 10.3. The average Bonchev–Trinajstić information content (AvgIpc) is 3.38. The van der Waals surface area contributed by atoms with Crippen LogP contribution in [-0.4, -0.2) is 52.8 Å². The molecule has 2 saturated heterocycles. The number of ether oxygens (including phenoxy) is 3. The molecule has 2 amide bonds. The molecule has 172 valence electrons. The first-order chi connectivity index (χ1) is 15.9. The molecule has 0 N–H and O–H groups in total. The lowest BCUT2D eigenvalue weighted by Crippen LogP contribution is -2.42. The van der Waals surface area contributed by atoms with E-state index in [1.54, 1.807) is 36.0 Å². The monoisotopic (exact) mass is 471 g/mol. The Morgan fingerprint density at radius 2 is 1.91 bits per heavy atom. The van der Waals surface area contributed by atoms with E-state index in [0.717, 1.165) is 12.8 Å². The van der Waals surface area contributed by atoms with Crippen molar-refractivity contribution in [2.75, 3.05) is 25.7 Å². The Hall–Kier alpha value is -3.47. The number of methoxy groups -OCH3 is 2. The summed E-state index contributed by atoms with van der Waals surface area (Å²) in [4.78, 5) is 40.0. The van der Waals surface area contributed by atoms with E-state index in [2.05, 4.69) is 0 Å². The minimum Gasteiger partial charge on any atom is -0.493 e. The minimum atomic E-state index is -0.599. The molecule has 2 atom stereocenters. The SMILES string of the molecule is COc1cc2c(cc1OC)N(C(=O)OCc1ccc([N+](=O)[O-])cc1)C1SC13CCCN3C2=O. The van der Waals surface area contributed by atoms with Crippen molar-refractivity contribution < 1.29 is 28.7 Å². The number of fused-ring (bicyclic) bond motifs is 1. The van der Waals surface area contributed by atoms with Gasteiger partial charge in [-0.3, -0.25) is 19.8 Å². The first-order valence-corrected chi connectivity index (χ1v) is 11.2. The van der Waals surface area contributed by atoms with Gasteiger partial charge in [0, 0.05) is 24.7 Å². The van der Waals surface area contributed by atoms with E-state index in [1.807, 2.05) is 4.90 Å². The van der Waals surface area contributed by atoms with E-state index in [9.17, 15) is 19.7 Å². The predicted molar refractivity (Wildman–Crippen MR) is 120 cm³/mol. The highest BCUT2D eigenvalue weighted by molar-refractivity contribution is 8.08. The normalized spacial score (nSPS) is 22.6. The highest BCUT2D eigenvalue weighted by atomic mass is 32.2. The van der Waals surface area contributed by atoms with Crippen LogP contribution in [0, 0.1) is 10.1 Å². The van der Waals surface area contributed by atoms with Crippen molar-refractivity contribution in [2.45, 2.75) is 29.7 Å². The number of hydrogen-bond donors (Lipinski definition) is 0. The molecular weight excluding hydrogens is 450 g/mol. The van der Waals surface area contributed by atoms with Gasteiger partial charge in [-0.25, -0.2) is 4.79 Å². The van der Waals surface area contributed by atoms with Gasteiger partial charge in [0.1, 0.15) is 16.9 Å². The van der Waals surface area contributed by atoms with Gasteiger partial charge >= 0.3 is 6.09 Å². The summed E-state index contributed by atoms with van der Waals surface area (Å²) in [6, 6.07) is 9.06. The van der Waals surface area contributed by atoms with Crippen molar-refractivity contribution in [1.82, 2.24) is 4.90 Å². The van der Waals surface area contributed by atoms with Crippen molar-refractivity contribution in [3.63, 3.8) is 0 Å². The number of amides is 2. The zero-order chi connectivity index (χ0) is 23.3. The molecule has 0 aliphatic carbocycles. The number of nitro groups is 1. The fourth-order valence-electron chi connectivity index (χ4n) is 4.51. The second kappa shape index (κ2) is 7.84. The van der Waals surface area contributed by atoms with Gasteiger partial charge in [0.05, 0.1) is 30.4 Å². The maximum Gasteiger partial charge on any atom is 0.415 e. The van der Waals surface area contributed by atoms with Crippen LogP contribution in [0.15, 0.2) is 36.4 Å². The molecular formula is C22H21N3O7S. The molecule has 3 aliphatic heterocycles. The van der Waals surface area contributed by atoms with Crippen LogP contribution < -0.4 is 14.4 Å². The topological polar surface area (TPSA) is 111 Å². The third kappa shape index (κ3) is 3.34. The molecule has 2 aromatic rings. The molecule has 0 saturated carbocycles. The summed E-state index contributed by atoms with van der Waals surface area (Å²) in [6.45, 7) is 0.569. The molecule has 2 unspecified atom stereocenters. The Labute approximate surface area is 193 Å². The summed E-state index contributed by atoms with van der Waals surface area (Å²) in [5.41, 5.74) is 1.35. The summed E-state index contributed by atoms with van der Waals surface area (Å²) >= 11 is 1.57. The Balaban J connectivity index is 1.48. The molecule has 1 spiro atoms. The van der Waals surface area contributed by atoms with Crippen molar-refractivity contribution in [3.8, 4) is 11.5 Å². The van der Waals surface area contributed by atoms with Crippen LogP contribution in [0.2, 0.25) is 0 Å². The van der Waals surface area contributed by atoms with E-state index in [4.69, 9.17) is 14.2 Å². The van der Waals surface area contributed by atoms with Crippen LogP contribution in [0.3, 0.4) is 0 Å². The third-order valence-corrected chi connectivity index (χ3v) is 7.82. The van der Waals surface area contributed by atoms with Gasteiger partial charge in [-0.05, 0) is 36.6 Å². The van der Waals surface area contributed by atoms with Gasteiger partial charge in [-0.15, -0.1) is 11.8 Å². The van der Waals surface area contributed by atoms with Gasteiger partial charge < -0.3 is 19.1 Å². The summed E-state index contributed by atoms with van der Waals surface area (Å²) in [7, 11) is 2.98. The minimum absolute atomic E-state index is 0.0382. The number of nitrogens with zero attached hydrogens (tertiary/aromatic N) is 3. The fourth-order valence-corrected chi connectivity index (χ4v) is 6.05. The largest absolute Gasteiger partial charge is 0.493 e. The molecule has 5 rings (SSSR count). The predicted octanol–water partition coefficient (Wildman–Crippen LogP) is 3.77. The molecule has 0 aromatic heterocycles. The molecule has 2 aromatic carbocycles. The van der Waals surface area contributed by atoms with Crippen molar-refractivity contribution in [2.24, 2.45) is 0 Å². The third-order valence-electron chi connectivity index (χ3n) is 6.20. The first kappa shape index (κ1) is 21.4. The summed E-state index contributed by atoms with van der Waals surface area (Å²) in [5.74, 6) is 0.656. The van der Waals surface area contributed by atoms with E-state index in [0.29, 0.717) is 34.9 Å². The lowest BCUT2D eigenvalue weighted by atomic mass is 10.1. The molecule has 3 heterocycles. The number of nitro benzene ring substituents is 1. The molecule has 3 aliphatic rings. The molecule has 2 fully saturated rings. The van der Waals surface area contributed by atoms with E-state index in [1.165, 1.54) is 31.3 Å². The fraction of sp³-hybridized carbons (Fsp3) is 0.364. The molecule has 11 heteroatoms. The Morgan fingerprint density at radius 3 is 2.58 bits per heavy atom. The summed E-state index contributed by atoms with van der Waals surface area (Å²) in [6.07, 6.45) is 1.06. The lowest BCUT2D eigenvalue weighted by molar-refractivity contribution is -0.384. The van der Waals surface area contributed by atoms with Gasteiger partial charge in [-0.1, -0.05) is 0 Å². The van der Waals surface area contributed by atoms with Gasteiger partial charge in [0.2, 0.25) is 0 Å². The van der Waals surface area contributed by atoms with Gasteiger partial charge in [0.15, 0.2) is 11.5 Å². The number of rotatable bonds is 5. The van der Waals surface area contributed by atoms with Crippen LogP contribution in [0.1, 0.15) is 28.8 Å². The number of benzene rings is 2. The van der Waals surface area contributed by atoms with Crippen molar-refractivity contribution in [1.29, 1.82) is 0 Å². The van der Waals surface area contributed by atoms with Crippen LogP contribution in [0.4, 0.5) is 16.2 Å². The molecule has 33 heavy (non-hydrogen) atoms. The van der Waals surface area contributed by atoms with Crippen LogP contribution in [0.5, 0.6) is 11.5 Å². The smallest absolute Gasteiger partial charge is 0.415 e. The Bertz CT molecular complexity index is 1160.